The van der Waals surface area contributed by atoms with E-state index >= 15 is 0 Å². The topological polar surface area (TPSA) is 60.2 Å². The molecule has 0 saturated heterocycles. The molecule has 0 aliphatic rings. The third kappa shape index (κ3) is 3.42. The van der Waals surface area contributed by atoms with Crippen LogP contribution in [0, 0.1) is 15.9 Å². The van der Waals surface area contributed by atoms with Crippen molar-refractivity contribution in [3.8, 4) is 0 Å². The summed E-state index contributed by atoms with van der Waals surface area (Å²) >= 11 is 1.31. The standard InChI is InChI=1S/C14H10FNO3S/c15-12-4-5-14(16(18)19)11(7-12)9-20-13-3-1-2-10(6-13)8-17/h1-8H,9H2. The highest BCUT2D eigenvalue weighted by Crippen LogP contribution is 2.28. The first-order valence-corrected chi connectivity index (χ1v) is 6.69. The summed E-state index contributed by atoms with van der Waals surface area (Å²) in [4.78, 5) is 21.8. The van der Waals surface area contributed by atoms with Crippen LogP contribution in [0.1, 0.15) is 15.9 Å². The van der Waals surface area contributed by atoms with Crippen molar-refractivity contribution in [3.63, 3.8) is 0 Å². The van der Waals surface area contributed by atoms with Crippen molar-refractivity contribution in [2.45, 2.75) is 10.6 Å². The number of hydrogen-bond donors (Lipinski definition) is 0. The first kappa shape index (κ1) is 14.2. The van der Waals surface area contributed by atoms with Gasteiger partial charge in [-0.2, -0.15) is 0 Å². The monoisotopic (exact) mass is 291 g/mol. The molecule has 0 heterocycles. The van der Waals surface area contributed by atoms with Gasteiger partial charge in [0.05, 0.1) is 4.92 Å². The third-order valence-electron chi connectivity index (χ3n) is 2.63. The Morgan fingerprint density at radius 1 is 1.25 bits per heavy atom. The van der Waals surface area contributed by atoms with Crippen LogP contribution in [0.2, 0.25) is 0 Å². The van der Waals surface area contributed by atoms with E-state index in [-0.39, 0.29) is 11.4 Å². The van der Waals surface area contributed by atoms with E-state index in [1.54, 1.807) is 24.3 Å². The Bertz CT molecular complexity index is 661. The summed E-state index contributed by atoms with van der Waals surface area (Å²) in [5.74, 6) is -0.246. The number of carbonyl (C=O) groups excluding carboxylic acids is 1. The minimum absolute atomic E-state index is 0.106. The molecule has 0 aromatic heterocycles. The fourth-order valence-corrected chi connectivity index (χ4v) is 2.63. The van der Waals surface area contributed by atoms with Crippen molar-refractivity contribution < 1.29 is 14.1 Å². The van der Waals surface area contributed by atoms with Crippen molar-refractivity contribution in [1.82, 2.24) is 0 Å². The Labute approximate surface area is 118 Å². The van der Waals surface area contributed by atoms with Gasteiger partial charge in [-0.1, -0.05) is 12.1 Å². The molecule has 0 aliphatic carbocycles. The fraction of sp³-hybridized carbons (Fsp3) is 0.0714. The SMILES string of the molecule is O=Cc1cccc(SCc2cc(F)ccc2[N+](=O)[O-])c1. The van der Waals surface area contributed by atoms with Gasteiger partial charge in [0, 0.05) is 27.8 Å². The van der Waals surface area contributed by atoms with E-state index in [1.165, 1.54) is 11.8 Å². The Morgan fingerprint density at radius 2 is 2.05 bits per heavy atom. The molecular weight excluding hydrogens is 281 g/mol. The summed E-state index contributed by atoms with van der Waals surface area (Å²) in [7, 11) is 0. The highest BCUT2D eigenvalue weighted by atomic mass is 32.2. The molecule has 0 atom stereocenters. The van der Waals surface area contributed by atoms with Gasteiger partial charge in [0.25, 0.3) is 5.69 Å². The second-order valence-electron chi connectivity index (χ2n) is 4.01. The van der Waals surface area contributed by atoms with Crippen LogP contribution >= 0.6 is 11.8 Å². The smallest absolute Gasteiger partial charge is 0.273 e. The maximum absolute atomic E-state index is 13.2. The summed E-state index contributed by atoms with van der Waals surface area (Å²) in [6.45, 7) is 0. The molecule has 0 aliphatic heterocycles. The third-order valence-corrected chi connectivity index (χ3v) is 3.67. The number of nitrogens with zero attached hydrogens (tertiary/aromatic N) is 1. The molecule has 0 N–H and O–H groups in total. The Hall–Kier alpha value is -2.21. The van der Waals surface area contributed by atoms with Crippen LogP contribution in [0.3, 0.4) is 0 Å². The number of nitro benzene ring substituents is 1. The Balaban J connectivity index is 2.19. The Kier molecular flexibility index (Phi) is 4.47. The van der Waals surface area contributed by atoms with E-state index in [9.17, 15) is 19.3 Å². The van der Waals surface area contributed by atoms with Gasteiger partial charge in [-0.25, -0.2) is 4.39 Å². The number of nitro groups is 1. The van der Waals surface area contributed by atoms with E-state index in [1.807, 2.05) is 0 Å². The predicted molar refractivity (Wildman–Crippen MR) is 74.4 cm³/mol. The zero-order chi connectivity index (χ0) is 14.5. The summed E-state index contributed by atoms with van der Waals surface area (Å²) in [6.07, 6.45) is 0.731. The molecule has 2 rings (SSSR count). The number of thioether (sulfide) groups is 1. The predicted octanol–water partition coefficient (Wildman–Crippen LogP) is 3.84. The minimum atomic E-state index is -0.531. The lowest BCUT2D eigenvalue weighted by molar-refractivity contribution is -0.385. The first-order chi connectivity index (χ1) is 9.60. The van der Waals surface area contributed by atoms with Crippen LogP contribution in [0.4, 0.5) is 10.1 Å². The molecule has 0 fully saturated rings. The second-order valence-corrected chi connectivity index (χ2v) is 5.06. The lowest BCUT2D eigenvalue weighted by Gasteiger charge is -2.04. The van der Waals surface area contributed by atoms with Gasteiger partial charge >= 0.3 is 0 Å². The molecule has 2 aromatic rings. The Morgan fingerprint density at radius 3 is 2.75 bits per heavy atom. The summed E-state index contributed by atoms with van der Waals surface area (Å²) in [6, 6.07) is 10.3. The molecular formula is C14H10FNO3S. The van der Waals surface area contributed by atoms with Gasteiger partial charge in [0.2, 0.25) is 0 Å². The summed E-state index contributed by atoms with van der Waals surface area (Å²) in [5.41, 5.74) is 0.741. The van der Waals surface area contributed by atoms with Gasteiger partial charge in [-0.3, -0.25) is 14.9 Å². The maximum Gasteiger partial charge on any atom is 0.273 e. The van der Waals surface area contributed by atoms with E-state index < -0.39 is 10.7 Å². The van der Waals surface area contributed by atoms with Gasteiger partial charge in [0.15, 0.2) is 0 Å². The average Bonchev–Trinajstić information content (AvgIpc) is 2.45. The number of carbonyl (C=O) groups is 1. The molecule has 2 aromatic carbocycles. The number of halogens is 1. The molecule has 0 unspecified atom stereocenters. The molecule has 20 heavy (non-hydrogen) atoms. The number of hydrogen-bond acceptors (Lipinski definition) is 4. The van der Waals surface area contributed by atoms with E-state index in [0.717, 1.165) is 29.4 Å². The molecule has 102 valence electrons. The normalized spacial score (nSPS) is 10.2. The van der Waals surface area contributed by atoms with Gasteiger partial charge < -0.3 is 0 Å². The van der Waals surface area contributed by atoms with Crippen LogP contribution in [0.5, 0.6) is 0 Å². The van der Waals surface area contributed by atoms with E-state index in [0.29, 0.717) is 11.1 Å². The molecule has 0 saturated carbocycles. The van der Waals surface area contributed by atoms with Crippen LogP contribution in [0.25, 0.3) is 0 Å². The number of aldehydes is 1. The minimum Gasteiger partial charge on any atom is -0.298 e. The first-order valence-electron chi connectivity index (χ1n) is 5.71. The molecule has 0 amide bonds. The molecule has 4 nitrogen and oxygen atoms in total. The summed E-state index contributed by atoms with van der Waals surface area (Å²) < 4.78 is 13.2. The van der Waals surface area contributed by atoms with Crippen LogP contribution in [-0.4, -0.2) is 11.2 Å². The second kappa shape index (κ2) is 6.29. The van der Waals surface area contributed by atoms with Crippen molar-refractivity contribution in [2.75, 3.05) is 0 Å². The molecule has 6 heteroatoms. The lowest BCUT2D eigenvalue weighted by atomic mass is 10.2. The number of benzene rings is 2. The highest BCUT2D eigenvalue weighted by Gasteiger charge is 2.14. The van der Waals surface area contributed by atoms with Gasteiger partial charge in [0.1, 0.15) is 12.1 Å². The molecule has 0 spiro atoms. The highest BCUT2D eigenvalue weighted by molar-refractivity contribution is 7.98. The quantitative estimate of drug-likeness (QED) is 0.363. The fourth-order valence-electron chi connectivity index (χ4n) is 1.69. The number of rotatable bonds is 5. The van der Waals surface area contributed by atoms with Crippen LogP contribution < -0.4 is 0 Å². The molecule has 0 bridgehead atoms. The van der Waals surface area contributed by atoms with E-state index in [2.05, 4.69) is 0 Å². The van der Waals surface area contributed by atoms with Gasteiger partial charge in [-0.05, 0) is 24.3 Å². The zero-order valence-corrected chi connectivity index (χ0v) is 11.1. The van der Waals surface area contributed by atoms with Gasteiger partial charge in [-0.15, -0.1) is 11.8 Å². The molecule has 0 radical (unpaired) electrons. The zero-order valence-electron chi connectivity index (χ0n) is 10.3. The van der Waals surface area contributed by atoms with E-state index in [4.69, 9.17) is 0 Å². The lowest BCUT2D eigenvalue weighted by Crippen LogP contribution is -1.95. The van der Waals surface area contributed by atoms with Crippen molar-refractivity contribution in [2.24, 2.45) is 0 Å². The maximum atomic E-state index is 13.2. The van der Waals surface area contributed by atoms with Crippen molar-refractivity contribution in [3.05, 3.63) is 69.5 Å². The van der Waals surface area contributed by atoms with Crippen LogP contribution in [-0.2, 0) is 5.75 Å². The average molecular weight is 291 g/mol. The van der Waals surface area contributed by atoms with Crippen LogP contribution in [0.15, 0.2) is 47.4 Å². The van der Waals surface area contributed by atoms with Crippen molar-refractivity contribution >= 4 is 23.7 Å². The summed E-state index contributed by atoms with van der Waals surface area (Å²) in [5, 5.41) is 10.9. The van der Waals surface area contributed by atoms with Crippen molar-refractivity contribution in [1.29, 1.82) is 0 Å². The largest absolute Gasteiger partial charge is 0.298 e.